The lowest BCUT2D eigenvalue weighted by atomic mass is 10.1. The molecule has 0 bridgehead atoms. The number of nitrogens with one attached hydrogen (secondary N) is 1. The lowest BCUT2D eigenvalue weighted by Gasteiger charge is -2.03. The topological polar surface area (TPSA) is 12.0 Å². The van der Waals surface area contributed by atoms with Crippen molar-refractivity contribution in [2.45, 2.75) is 19.7 Å². The first-order chi connectivity index (χ1) is 3.81. The highest BCUT2D eigenvalue weighted by atomic mass is 14.9. The van der Waals surface area contributed by atoms with Gasteiger partial charge in [0.2, 0.25) is 0 Å². The summed E-state index contributed by atoms with van der Waals surface area (Å²) in [5, 5.41) is 3.06. The van der Waals surface area contributed by atoms with Crippen LogP contribution in [-0.2, 0) is 0 Å². The Bertz CT molecular complexity index is 70.9. The molecule has 1 N–H and O–H groups in total. The van der Waals surface area contributed by atoms with Crippen LogP contribution < -0.4 is 5.32 Å². The molecule has 0 atom stereocenters. The Balaban J connectivity index is 2.99. The van der Waals surface area contributed by atoms with Crippen molar-refractivity contribution in [1.29, 1.82) is 0 Å². The number of allylic oxidation sites excluding steroid dienone is 1. The van der Waals surface area contributed by atoms with E-state index in [4.69, 9.17) is 7.85 Å². The zero-order chi connectivity index (χ0) is 6.41. The summed E-state index contributed by atoms with van der Waals surface area (Å²) < 4.78 is 0. The molecular weight excluding hydrogens is 96.9 g/mol. The molecule has 2 radical (unpaired) electrons. The number of rotatable bonds is 4. The molecule has 2 heteroatoms. The fraction of sp³-hybridized carbons (Fsp3) is 0.667. The van der Waals surface area contributed by atoms with Crippen LogP contribution in [0.5, 0.6) is 0 Å². The average molecular weight is 109 g/mol. The SMILES string of the molecule is [B]CCNC(=C)CC. The van der Waals surface area contributed by atoms with Crippen molar-refractivity contribution in [3.8, 4) is 0 Å². The Morgan fingerprint density at radius 3 is 2.75 bits per heavy atom. The van der Waals surface area contributed by atoms with Crippen LogP contribution in [0, 0.1) is 0 Å². The number of hydrogen-bond acceptors (Lipinski definition) is 1. The molecule has 44 valence electrons. The van der Waals surface area contributed by atoms with Gasteiger partial charge in [0.1, 0.15) is 0 Å². The maximum Gasteiger partial charge on any atom is 0.0676 e. The summed E-state index contributed by atoms with van der Waals surface area (Å²) in [6.45, 7) is 6.65. The van der Waals surface area contributed by atoms with E-state index in [1.165, 1.54) is 0 Å². The van der Waals surface area contributed by atoms with Crippen LogP contribution in [0.4, 0.5) is 0 Å². The second kappa shape index (κ2) is 4.76. The zero-order valence-electron chi connectivity index (χ0n) is 5.41. The lowest BCUT2D eigenvalue weighted by Crippen LogP contribution is -2.12. The zero-order valence-corrected chi connectivity index (χ0v) is 5.41. The predicted molar refractivity (Wildman–Crippen MR) is 38.0 cm³/mol. The molecular formula is C6H12BN. The maximum absolute atomic E-state index is 5.23. The second-order valence-corrected chi connectivity index (χ2v) is 1.67. The van der Waals surface area contributed by atoms with Crippen LogP contribution in [-0.4, -0.2) is 14.4 Å². The standard InChI is InChI=1S/C6H12BN/c1-3-6(2)8-5-4-7/h8H,2-5H2,1H3. The van der Waals surface area contributed by atoms with Gasteiger partial charge >= 0.3 is 0 Å². The highest BCUT2D eigenvalue weighted by Crippen LogP contribution is 1.88. The average Bonchev–Trinajstić information content (AvgIpc) is 1.83. The van der Waals surface area contributed by atoms with E-state index in [1.54, 1.807) is 0 Å². The van der Waals surface area contributed by atoms with E-state index in [9.17, 15) is 0 Å². The molecule has 0 amide bonds. The first-order valence-corrected chi connectivity index (χ1v) is 2.93. The Kier molecular flexibility index (Phi) is 4.52. The van der Waals surface area contributed by atoms with Gasteiger partial charge in [0, 0.05) is 12.2 Å². The quantitative estimate of drug-likeness (QED) is 0.532. The first kappa shape index (κ1) is 7.60. The van der Waals surface area contributed by atoms with Crippen molar-refractivity contribution in [3.63, 3.8) is 0 Å². The van der Waals surface area contributed by atoms with Crippen LogP contribution in [0.1, 0.15) is 13.3 Å². The molecule has 0 rings (SSSR count). The molecule has 1 nitrogen and oxygen atoms in total. The second-order valence-electron chi connectivity index (χ2n) is 1.67. The van der Waals surface area contributed by atoms with Gasteiger partial charge in [-0.3, -0.25) is 0 Å². The van der Waals surface area contributed by atoms with Gasteiger partial charge in [0.05, 0.1) is 7.85 Å². The van der Waals surface area contributed by atoms with Crippen LogP contribution in [0.15, 0.2) is 12.3 Å². The van der Waals surface area contributed by atoms with E-state index in [2.05, 4.69) is 18.8 Å². The molecule has 0 aromatic carbocycles. The molecule has 0 spiro atoms. The summed E-state index contributed by atoms with van der Waals surface area (Å²) in [6.07, 6.45) is 1.67. The monoisotopic (exact) mass is 109 g/mol. The van der Waals surface area contributed by atoms with Gasteiger partial charge in [-0.2, -0.15) is 0 Å². The Morgan fingerprint density at radius 2 is 2.38 bits per heavy atom. The van der Waals surface area contributed by atoms with Gasteiger partial charge in [-0.25, -0.2) is 0 Å². The summed E-state index contributed by atoms with van der Waals surface area (Å²) >= 11 is 0. The minimum Gasteiger partial charge on any atom is -0.390 e. The van der Waals surface area contributed by atoms with Gasteiger partial charge in [0.25, 0.3) is 0 Å². The van der Waals surface area contributed by atoms with Gasteiger partial charge in [-0.15, -0.1) is 0 Å². The summed E-state index contributed by atoms with van der Waals surface area (Å²) in [5.74, 6) is 0. The molecule has 0 saturated carbocycles. The maximum atomic E-state index is 5.23. The molecule has 0 aromatic heterocycles. The van der Waals surface area contributed by atoms with Gasteiger partial charge < -0.3 is 5.32 Å². The largest absolute Gasteiger partial charge is 0.390 e. The first-order valence-electron chi connectivity index (χ1n) is 2.93. The fourth-order valence-corrected chi connectivity index (χ4v) is 0.374. The van der Waals surface area contributed by atoms with Crippen LogP contribution in [0.25, 0.3) is 0 Å². The highest BCUT2D eigenvalue weighted by Gasteiger charge is 1.83. The van der Waals surface area contributed by atoms with E-state index >= 15 is 0 Å². The molecule has 0 aromatic rings. The lowest BCUT2D eigenvalue weighted by molar-refractivity contribution is 0.811. The summed E-state index contributed by atoms with van der Waals surface area (Å²) in [5.41, 5.74) is 1.07. The molecule has 0 fully saturated rings. The van der Waals surface area contributed by atoms with Crippen molar-refractivity contribution >= 4 is 7.85 Å². The molecule has 0 heterocycles. The summed E-state index contributed by atoms with van der Waals surface area (Å²) in [7, 11) is 5.23. The van der Waals surface area contributed by atoms with E-state index in [-0.39, 0.29) is 0 Å². The van der Waals surface area contributed by atoms with Gasteiger partial charge in [0.15, 0.2) is 0 Å². The van der Waals surface area contributed by atoms with Crippen molar-refractivity contribution in [2.24, 2.45) is 0 Å². The van der Waals surface area contributed by atoms with Crippen molar-refractivity contribution in [3.05, 3.63) is 12.3 Å². The minimum absolute atomic E-state index is 0.680. The van der Waals surface area contributed by atoms with Crippen LogP contribution >= 0.6 is 0 Å². The van der Waals surface area contributed by atoms with Crippen LogP contribution in [0.3, 0.4) is 0 Å². The normalized spacial score (nSPS) is 8.62. The van der Waals surface area contributed by atoms with E-state index in [1.807, 2.05) is 0 Å². The molecule has 0 unspecified atom stereocenters. The summed E-state index contributed by atoms with van der Waals surface area (Å²) in [6, 6.07) is 0. The molecule has 8 heavy (non-hydrogen) atoms. The number of hydrogen-bond donors (Lipinski definition) is 1. The fourth-order valence-electron chi connectivity index (χ4n) is 0.374. The highest BCUT2D eigenvalue weighted by molar-refractivity contribution is 6.08. The smallest absolute Gasteiger partial charge is 0.0676 e. The molecule has 0 aliphatic carbocycles. The van der Waals surface area contributed by atoms with E-state index < -0.39 is 0 Å². The predicted octanol–water partition coefficient (Wildman–Crippen LogP) is 1.09. The van der Waals surface area contributed by atoms with E-state index in [0.29, 0.717) is 6.32 Å². The third kappa shape index (κ3) is 3.78. The molecule has 0 saturated heterocycles. The van der Waals surface area contributed by atoms with Crippen molar-refractivity contribution in [1.82, 2.24) is 5.32 Å². The van der Waals surface area contributed by atoms with Gasteiger partial charge in [-0.1, -0.05) is 19.8 Å². The van der Waals surface area contributed by atoms with Crippen LogP contribution in [0.2, 0.25) is 6.32 Å². The third-order valence-electron chi connectivity index (χ3n) is 0.946. The minimum atomic E-state index is 0.680. The van der Waals surface area contributed by atoms with Gasteiger partial charge in [-0.05, 0) is 6.42 Å². The molecule has 0 aliphatic heterocycles. The van der Waals surface area contributed by atoms with Crippen molar-refractivity contribution in [2.75, 3.05) is 6.54 Å². The third-order valence-corrected chi connectivity index (χ3v) is 0.946. The summed E-state index contributed by atoms with van der Waals surface area (Å²) in [4.78, 5) is 0. The van der Waals surface area contributed by atoms with Crippen molar-refractivity contribution < 1.29 is 0 Å². The van der Waals surface area contributed by atoms with E-state index in [0.717, 1.165) is 18.7 Å². The molecule has 0 aliphatic rings. The Morgan fingerprint density at radius 1 is 1.75 bits per heavy atom. The Labute approximate surface area is 52.6 Å². The Hall–Kier alpha value is -0.395.